The van der Waals surface area contributed by atoms with Crippen LogP contribution in [0.3, 0.4) is 0 Å². The van der Waals surface area contributed by atoms with Crippen molar-refractivity contribution in [2.75, 3.05) is 25.5 Å². The molecule has 0 radical (unpaired) electrons. The Balaban J connectivity index is 1.53. The maximum atomic E-state index is 13.3. The van der Waals surface area contributed by atoms with Crippen LogP contribution in [0.4, 0.5) is 5.69 Å². The number of nitrogens with zero attached hydrogens (tertiary/aromatic N) is 2. The number of carbonyl (C=O) groups is 1. The van der Waals surface area contributed by atoms with Crippen LogP contribution >= 0.6 is 0 Å². The van der Waals surface area contributed by atoms with Gasteiger partial charge in [0.15, 0.2) is 5.58 Å². The number of methoxy groups -OCH3 is 1. The molecule has 1 fully saturated rings. The molecule has 2 aliphatic heterocycles. The van der Waals surface area contributed by atoms with E-state index in [4.69, 9.17) is 9.15 Å². The van der Waals surface area contributed by atoms with Crippen molar-refractivity contribution in [1.29, 1.82) is 0 Å². The lowest BCUT2D eigenvalue weighted by Gasteiger charge is -2.22. The summed E-state index contributed by atoms with van der Waals surface area (Å²) >= 11 is 0. The van der Waals surface area contributed by atoms with Crippen LogP contribution in [0.5, 0.6) is 5.75 Å². The number of aromatic nitrogens is 1. The Morgan fingerprint density at radius 1 is 1.17 bits per heavy atom. The van der Waals surface area contributed by atoms with Crippen molar-refractivity contribution in [3.63, 3.8) is 0 Å². The van der Waals surface area contributed by atoms with Crippen molar-refractivity contribution < 1.29 is 22.4 Å². The Morgan fingerprint density at radius 2 is 1.97 bits per heavy atom. The number of aryl methyl sites for hydroxylation is 1. The minimum absolute atomic E-state index is 0.0191. The highest BCUT2D eigenvalue weighted by Gasteiger charge is 2.53. The molecule has 1 atom stereocenters. The van der Waals surface area contributed by atoms with Gasteiger partial charge in [-0.1, -0.05) is 0 Å². The molecule has 9 nitrogen and oxygen atoms in total. The van der Waals surface area contributed by atoms with Gasteiger partial charge >= 0.3 is 5.76 Å². The number of ether oxygens (including phenoxy) is 1. The molecule has 1 N–H and O–H groups in total. The third kappa shape index (κ3) is 2.47. The van der Waals surface area contributed by atoms with E-state index in [9.17, 15) is 18.0 Å². The summed E-state index contributed by atoms with van der Waals surface area (Å²) in [6, 6.07) is 9.65. The quantitative estimate of drug-likeness (QED) is 0.674. The van der Waals surface area contributed by atoms with E-state index >= 15 is 0 Å². The number of benzene rings is 2. The molecule has 0 bridgehead atoms. The van der Waals surface area contributed by atoms with Crippen molar-refractivity contribution >= 4 is 32.7 Å². The Hall–Kier alpha value is -3.11. The lowest BCUT2D eigenvalue weighted by Crippen LogP contribution is -2.39. The van der Waals surface area contributed by atoms with E-state index in [1.165, 1.54) is 21.0 Å². The van der Waals surface area contributed by atoms with E-state index < -0.39 is 21.2 Å². The highest BCUT2D eigenvalue weighted by molar-refractivity contribution is 7.89. The lowest BCUT2D eigenvalue weighted by atomic mass is 9.81. The molecule has 2 aliphatic rings. The van der Waals surface area contributed by atoms with Gasteiger partial charge in [0.05, 0.1) is 22.9 Å². The zero-order chi connectivity index (χ0) is 21.3. The van der Waals surface area contributed by atoms with Gasteiger partial charge in [-0.3, -0.25) is 9.36 Å². The van der Waals surface area contributed by atoms with Crippen molar-refractivity contribution in [2.24, 2.45) is 7.05 Å². The van der Waals surface area contributed by atoms with Gasteiger partial charge in [-0.15, -0.1) is 0 Å². The fourth-order valence-corrected chi connectivity index (χ4v) is 5.84. The SMILES string of the molecule is COc1ccc2c(c1)[C@]1(CCN(S(=O)(=O)c3ccc4c(c3)oc(=O)n4C)C1)C(=O)N2. The molecule has 1 spiro atoms. The summed E-state index contributed by atoms with van der Waals surface area (Å²) in [4.78, 5) is 24.6. The number of nitrogens with one attached hydrogen (secondary N) is 1. The third-order valence-corrected chi connectivity index (χ3v) is 7.90. The van der Waals surface area contributed by atoms with Gasteiger partial charge in [-0.05, 0) is 42.3 Å². The molecular weight excluding hydrogens is 410 g/mol. The van der Waals surface area contributed by atoms with Crippen molar-refractivity contribution in [1.82, 2.24) is 8.87 Å². The maximum absolute atomic E-state index is 13.3. The Morgan fingerprint density at radius 3 is 2.73 bits per heavy atom. The highest BCUT2D eigenvalue weighted by Crippen LogP contribution is 2.46. The monoisotopic (exact) mass is 429 g/mol. The number of sulfonamides is 1. The molecule has 1 amide bonds. The second-order valence-electron chi connectivity index (χ2n) is 7.59. The average molecular weight is 429 g/mol. The fraction of sp³-hybridized carbons (Fsp3) is 0.300. The third-order valence-electron chi connectivity index (χ3n) is 6.06. The second kappa shape index (κ2) is 6.19. The van der Waals surface area contributed by atoms with Crippen LogP contribution in [0.15, 0.2) is 50.5 Å². The van der Waals surface area contributed by atoms with Crippen LogP contribution < -0.4 is 15.8 Å². The van der Waals surface area contributed by atoms with Gasteiger partial charge in [-0.25, -0.2) is 13.2 Å². The predicted molar refractivity (Wildman–Crippen MR) is 108 cm³/mol. The summed E-state index contributed by atoms with van der Waals surface area (Å²) in [6.45, 7) is 0.223. The first-order valence-corrected chi connectivity index (χ1v) is 10.8. The summed E-state index contributed by atoms with van der Waals surface area (Å²) in [5.41, 5.74) is 1.17. The molecule has 30 heavy (non-hydrogen) atoms. The van der Waals surface area contributed by atoms with Crippen molar-refractivity contribution in [3.8, 4) is 5.75 Å². The number of hydrogen-bond acceptors (Lipinski definition) is 6. The van der Waals surface area contributed by atoms with E-state index in [0.29, 0.717) is 23.4 Å². The molecule has 1 aromatic heterocycles. The average Bonchev–Trinajstić information content (AvgIpc) is 3.39. The van der Waals surface area contributed by atoms with Crippen LogP contribution in [0.2, 0.25) is 0 Å². The van der Waals surface area contributed by atoms with Crippen LogP contribution in [0.25, 0.3) is 11.1 Å². The number of carbonyl (C=O) groups excluding carboxylic acids is 1. The number of fused-ring (bicyclic) bond motifs is 3. The first-order valence-electron chi connectivity index (χ1n) is 9.36. The normalized spacial score (nSPS) is 21.3. The van der Waals surface area contributed by atoms with E-state index in [2.05, 4.69) is 5.32 Å². The van der Waals surface area contributed by atoms with Gasteiger partial charge in [0.2, 0.25) is 15.9 Å². The number of oxazole rings is 1. The van der Waals surface area contributed by atoms with Crippen LogP contribution in [-0.4, -0.2) is 43.4 Å². The largest absolute Gasteiger partial charge is 0.497 e. The molecule has 5 rings (SSSR count). The summed E-state index contributed by atoms with van der Waals surface area (Å²) in [7, 11) is -0.792. The molecule has 1 saturated heterocycles. The van der Waals surface area contributed by atoms with Crippen molar-refractivity contribution in [3.05, 3.63) is 52.5 Å². The highest BCUT2D eigenvalue weighted by atomic mass is 32.2. The Labute approximate surface area is 171 Å². The first kappa shape index (κ1) is 18.9. The van der Waals surface area contributed by atoms with E-state index in [0.717, 1.165) is 5.56 Å². The topological polar surface area (TPSA) is 111 Å². The van der Waals surface area contributed by atoms with Crippen LogP contribution in [0.1, 0.15) is 12.0 Å². The molecule has 0 unspecified atom stereocenters. The molecule has 2 aromatic carbocycles. The fourth-order valence-electron chi connectivity index (χ4n) is 4.33. The van der Waals surface area contributed by atoms with Gasteiger partial charge in [0.25, 0.3) is 0 Å². The van der Waals surface area contributed by atoms with Crippen molar-refractivity contribution in [2.45, 2.75) is 16.7 Å². The first-order chi connectivity index (χ1) is 14.3. The summed E-state index contributed by atoms with van der Waals surface area (Å²) in [5, 5.41) is 2.86. The predicted octanol–water partition coefficient (Wildman–Crippen LogP) is 1.42. The van der Waals surface area contributed by atoms with Gasteiger partial charge in [-0.2, -0.15) is 4.31 Å². The molecule has 3 aromatic rings. The number of rotatable bonds is 3. The minimum Gasteiger partial charge on any atom is -0.497 e. The molecule has 3 heterocycles. The summed E-state index contributed by atoms with van der Waals surface area (Å²) in [6.07, 6.45) is 0.362. The minimum atomic E-state index is -3.89. The molecule has 10 heteroatoms. The number of hydrogen-bond donors (Lipinski definition) is 1. The standard InChI is InChI=1S/C20H19N3O6S/c1-22-16-6-4-13(10-17(16)29-19(22)25)30(26,27)23-8-7-20(11-23)14-9-12(28-2)3-5-15(14)21-18(20)24/h3-6,9-10H,7-8,11H2,1-2H3,(H,21,24)/t20-/m1/s1. The maximum Gasteiger partial charge on any atom is 0.419 e. The molecule has 0 aliphatic carbocycles. The van der Waals surface area contributed by atoms with E-state index in [-0.39, 0.29) is 29.5 Å². The van der Waals surface area contributed by atoms with Gasteiger partial charge in [0, 0.05) is 31.9 Å². The van der Waals surface area contributed by atoms with Crippen LogP contribution in [0, 0.1) is 0 Å². The molecular formula is C20H19N3O6S. The zero-order valence-corrected chi connectivity index (χ0v) is 17.2. The van der Waals surface area contributed by atoms with E-state index in [1.807, 2.05) is 0 Å². The summed E-state index contributed by atoms with van der Waals surface area (Å²) < 4.78 is 39.6. The molecule has 156 valence electrons. The van der Waals surface area contributed by atoms with Crippen LogP contribution in [-0.2, 0) is 27.3 Å². The summed E-state index contributed by atoms with van der Waals surface area (Å²) in [5.74, 6) is -0.170. The van der Waals surface area contributed by atoms with Gasteiger partial charge in [0.1, 0.15) is 5.75 Å². The Kier molecular flexibility index (Phi) is 3.90. The van der Waals surface area contributed by atoms with Gasteiger partial charge < -0.3 is 14.5 Å². The number of anilines is 1. The number of amides is 1. The second-order valence-corrected chi connectivity index (χ2v) is 9.53. The molecule has 0 saturated carbocycles. The zero-order valence-electron chi connectivity index (χ0n) is 16.3. The lowest BCUT2D eigenvalue weighted by molar-refractivity contribution is -0.120. The van der Waals surface area contributed by atoms with E-state index in [1.54, 1.807) is 38.4 Å². The Bertz CT molecular complexity index is 1370. The smallest absolute Gasteiger partial charge is 0.419 e.